The van der Waals surface area contributed by atoms with E-state index in [1.54, 1.807) is 14.2 Å². The maximum Gasteiger partial charge on any atom is 0.236 e. The van der Waals surface area contributed by atoms with E-state index in [1.807, 2.05) is 6.92 Å². The molecule has 1 unspecified atom stereocenters. The monoisotopic (exact) mass is 200 g/mol. The van der Waals surface area contributed by atoms with Gasteiger partial charge in [0.2, 0.25) is 5.91 Å². The van der Waals surface area contributed by atoms with Crippen LogP contribution in [0.2, 0.25) is 0 Å². The van der Waals surface area contributed by atoms with Crippen molar-refractivity contribution in [3.8, 4) is 0 Å². The van der Waals surface area contributed by atoms with Crippen LogP contribution in [0.25, 0.3) is 0 Å². The van der Waals surface area contributed by atoms with Crippen LogP contribution in [-0.2, 0) is 9.53 Å². The zero-order chi connectivity index (χ0) is 10.6. The van der Waals surface area contributed by atoms with Gasteiger partial charge in [0.15, 0.2) is 0 Å². The summed E-state index contributed by atoms with van der Waals surface area (Å²) in [5.41, 5.74) is -0.0802. The summed E-state index contributed by atoms with van der Waals surface area (Å²) in [7, 11) is 3.49. The van der Waals surface area contributed by atoms with E-state index in [-0.39, 0.29) is 17.6 Å². The Bertz CT molecular complexity index is 197. The number of amides is 1. The third kappa shape index (κ3) is 2.45. The predicted octanol–water partition coefficient (Wildman–Crippen LogP) is 0.280. The summed E-state index contributed by atoms with van der Waals surface area (Å²) in [4.78, 5) is 11.4. The number of methoxy groups -OCH3 is 1. The fourth-order valence-electron chi connectivity index (χ4n) is 1.56. The van der Waals surface area contributed by atoms with Crippen molar-refractivity contribution in [2.45, 2.75) is 37.8 Å². The Morgan fingerprint density at radius 2 is 2.21 bits per heavy atom. The lowest BCUT2D eigenvalue weighted by Crippen LogP contribution is -2.52. The topological polar surface area (TPSA) is 50.4 Å². The molecule has 0 aromatic heterocycles. The molecule has 0 radical (unpaired) electrons. The minimum atomic E-state index is -0.135. The maximum atomic E-state index is 11.4. The number of likely N-dealkylation sites (N-methyl/N-ethyl adjacent to an activating group) is 1. The summed E-state index contributed by atoms with van der Waals surface area (Å²) in [6.45, 7) is 2.48. The van der Waals surface area contributed by atoms with Crippen LogP contribution in [0.3, 0.4) is 0 Å². The van der Waals surface area contributed by atoms with Gasteiger partial charge in [-0.2, -0.15) is 0 Å². The fraction of sp³-hybridized carbons (Fsp3) is 0.900. The van der Waals surface area contributed by atoms with E-state index >= 15 is 0 Å². The third-order valence-corrected chi connectivity index (χ3v) is 3.11. The zero-order valence-corrected chi connectivity index (χ0v) is 9.22. The van der Waals surface area contributed by atoms with Crippen molar-refractivity contribution in [1.82, 2.24) is 10.6 Å². The molecule has 1 rings (SSSR count). The first-order valence-corrected chi connectivity index (χ1v) is 5.14. The van der Waals surface area contributed by atoms with Gasteiger partial charge in [0.25, 0.3) is 0 Å². The minimum absolute atomic E-state index is 0.0378. The van der Waals surface area contributed by atoms with Gasteiger partial charge in [-0.05, 0) is 33.2 Å². The van der Waals surface area contributed by atoms with Gasteiger partial charge in [0, 0.05) is 13.7 Å². The molecule has 0 aliphatic heterocycles. The van der Waals surface area contributed by atoms with Crippen LogP contribution in [0.15, 0.2) is 0 Å². The number of carbonyl (C=O) groups excluding carboxylic acids is 1. The Morgan fingerprint density at radius 3 is 2.57 bits per heavy atom. The standard InChI is InChI=1S/C10H20N2O2/c1-8(11-2)9(13)12-7-10(14-3)5-4-6-10/h8,11H,4-7H2,1-3H3,(H,12,13). The number of nitrogens with one attached hydrogen (secondary N) is 2. The van der Waals surface area contributed by atoms with E-state index < -0.39 is 0 Å². The van der Waals surface area contributed by atoms with E-state index in [0.29, 0.717) is 6.54 Å². The van der Waals surface area contributed by atoms with Crippen LogP contribution >= 0.6 is 0 Å². The Kier molecular flexibility index (Phi) is 3.89. The quantitative estimate of drug-likeness (QED) is 0.670. The molecule has 1 aliphatic carbocycles. The Labute approximate surface area is 85.4 Å². The normalized spacial score (nSPS) is 21.1. The molecule has 2 N–H and O–H groups in total. The minimum Gasteiger partial charge on any atom is -0.376 e. The molecule has 14 heavy (non-hydrogen) atoms. The molecule has 0 bridgehead atoms. The number of hydrogen-bond acceptors (Lipinski definition) is 3. The lowest BCUT2D eigenvalue weighted by Gasteiger charge is -2.40. The van der Waals surface area contributed by atoms with Crippen LogP contribution in [0.5, 0.6) is 0 Å². The van der Waals surface area contributed by atoms with Gasteiger partial charge in [-0.15, -0.1) is 0 Å². The van der Waals surface area contributed by atoms with Crippen LogP contribution in [-0.4, -0.2) is 38.3 Å². The van der Waals surface area contributed by atoms with Crippen LogP contribution in [0.4, 0.5) is 0 Å². The summed E-state index contributed by atoms with van der Waals surface area (Å²) in [6, 6.07) is -0.135. The molecule has 1 aliphatic rings. The number of rotatable bonds is 5. The van der Waals surface area contributed by atoms with Crippen LogP contribution < -0.4 is 10.6 Å². The van der Waals surface area contributed by atoms with E-state index in [0.717, 1.165) is 12.8 Å². The van der Waals surface area contributed by atoms with Gasteiger partial charge in [0.1, 0.15) is 0 Å². The summed E-state index contributed by atoms with van der Waals surface area (Å²) in [5.74, 6) is 0.0378. The Hall–Kier alpha value is -0.610. The van der Waals surface area contributed by atoms with Crippen LogP contribution in [0, 0.1) is 0 Å². The highest BCUT2D eigenvalue weighted by molar-refractivity contribution is 5.81. The van der Waals surface area contributed by atoms with Crippen molar-refractivity contribution in [1.29, 1.82) is 0 Å². The van der Waals surface area contributed by atoms with Gasteiger partial charge in [-0.25, -0.2) is 0 Å². The first-order chi connectivity index (χ1) is 6.63. The van der Waals surface area contributed by atoms with Gasteiger partial charge < -0.3 is 15.4 Å². The van der Waals surface area contributed by atoms with Gasteiger partial charge in [-0.1, -0.05) is 0 Å². The zero-order valence-electron chi connectivity index (χ0n) is 9.22. The van der Waals surface area contributed by atoms with Gasteiger partial charge >= 0.3 is 0 Å². The second-order valence-electron chi connectivity index (χ2n) is 3.97. The highest BCUT2D eigenvalue weighted by Gasteiger charge is 2.37. The van der Waals surface area contributed by atoms with E-state index in [1.165, 1.54) is 6.42 Å². The molecule has 0 saturated heterocycles. The Balaban J connectivity index is 2.28. The Morgan fingerprint density at radius 1 is 1.57 bits per heavy atom. The molecule has 4 heteroatoms. The molecule has 0 heterocycles. The van der Waals surface area contributed by atoms with Crippen molar-refractivity contribution in [3.05, 3.63) is 0 Å². The number of carbonyl (C=O) groups is 1. The lowest BCUT2D eigenvalue weighted by molar-refractivity contribution is -0.126. The predicted molar refractivity (Wildman–Crippen MR) is 55.1 cm³/mol. The molecular weight excluding hydrogens is 180 g/mol. The average molecular weight is 200 g/mol. The fourth-order valence-corrected chi connectivity index (χ4v) is 1.56. The highest BCUT2D eigenvalue weighted by atomic mass is 16.5. The molecular formula is C10H20N2O2. The molecule has 82 valence electrons. The molecule has 0 spiro atoms. The third-order valence-electron chi connectivity index (χ3n) is 3.11. The smallest absolute Gasteiger partial charge is 0.236 e. The largest absolute Gasteiger partial charge is 0.376 e. The highest BCUT2D eigenvalue weighted by Crippen LogP contribution is 2.34. The lowest BCUT2D eigenvalue weighted by atomic mass is 9.80. The van der Waals surface area contributed by atoms with E-state index in [2.05, 4.69) is 10.6 Å². The number of ether oxygens (including phenoxy) is 1. The van der Waals surface area contributed by atoms with Crippen LogP contribution in [0.1, 0.15) is 26.2 Å². The number of hydrogen-bond donors (Lipinski definition) is 2. The van der Waals surface area contributed by atoms with Crippen molar-refractivity contribution >= 4 is 5.91 Å². The molecule has 4 nitrogen and oxygen atoms in total. The summed E-state index contributed by atoms with van der Waals surface area (Å²) < 4.78 is 5.40. The van der Waals surface area contributed by atoms with Crippen molar-refractivity contribution in [2.75, 3.05) is 20.7 Å². The van der Waals surface area contributed by atoms with Crippen molar-refractivity contribution in [3.63, 3.8) is 0 Å². The van der Waals surface area contributed by atoms with Crippen molar-refractivity contribution < 1.29 is 9.53 Å². The maximum absolute atomic E-state index is 11.4. The summed E-state index contributed by atoms with van der Waals surface area (Å²) in [5, 5.41) is 5.80. The van der Waals surface area contributed by atoms with E-state index in [4.69, 9.17) is 4.74 Å². The summed E-state index contributed by atoms with van der Waals surface area (Å²) in [6.07, 6.45) is 3.31. The summed E-state index contributed by atoms with van der Waals surface area (Å²) >= 11 is 0. The second kappa shape index (κ2) is 4.75. The van der Waals surface area contributed by atoms with E-state index in [9.17, 15) is 4.79 Å². The molecule has 1 amide bonds. The average Bonchev–Trinajstić information content (AvgIpc) is 2.15. The van der Waals surface area contributed by atoms with Crippen molar-refractivity contribution in [2.24, 2.45) is 0 Å². The molecule has 0 aromatic carbocycles. The molecule has 1 saturated carbocycles. The SMILES string of the molecule is CNC(C)C(=O)NCC1(OC)CCC1. The first kappa shape index (κ1) is 11.5. The molecule has 1 fully saturated rings. The molecule has 1 atom stereocenters. The molecule has 0 aromatic rings. The van der Waals surface area contributed by atoms with Gasteiger partial charge in [0.05, 0.1) is 11.6 Å². The van der Waals surface area contributed by atoms with Gasteiger partial charge in [-0.3, -0.25) is 4.79 Å². The first-order valence-electron chi connectivity index (χ1n) is 5.14. The second-order valence-corrected chi connectivity index (χ2v) is 3.97.